The molecule has 2 nitrogen and oxygen atoms in total. The first-order valence-corrected chi connectivity index (χ1v) is 6.71. The minimum Gasteiger partial charge on any atom is -0.508 e. The van der Waals surface area contributed by atoms with Gasteiger partial charge in [0, 0.05) is 5.56 Å². The van der Waals surface area contributed by atoms with Crippen molar-refractivity contribution in [1.29, 1.82) is 0 Å². The number of rotatable bonds is 7. The molecule has 0 heterocycles. The van der Waals surface area contributed by atoms with Gasteiger partial charge in [-0.2, -0.15) is 0 Å². The van der Waals surface area contributed by atoms with Crippen molar-refractivity contribution in [1.82, 2.24) is 0 Å². The van der Waals surface area contributed by atoms with E-state index in [4.69, 9.17) is 0 Å². The summed E-state index contributed by atoms with van der Waals surface area (Å²) in [5.41, 5.74) is 0.741. The Hall–Kier alpha value is -1.18. The van der Waals surface area contributed by atoms with Crippen LogP contribution in [0.3, 0.4) is 0 Å². The van der Waals surface area contributed by atoms with E-state index in [9.17, 15) is 10.2 Å². The molecule has 1 aromatic rings. The zero-order valence-corrected chi connectivity index (χ0v) is 10.9. The van der Waals surface area contributed by atoms with Crippen LogP contribution in [0.1, 0.15) is 63.9 Å². The van der Waals surface area contributed by atoms with Gasteiger partial charge in [0.1, 0.15) is 11.5 Å². The molecule has 0 aliphatic rings. The van der Waals surface area contributed by atoms with E-state index >= 15 is 0 Å². The van der Waals surface area contributed by atoms with Crippen LogP contribution in [0, 0.1) is 0 Å². The van der Waals surface area contributed by atoms with Crippen LogP contribution >= 0.6 is 0 Å². The first kappa shape index (κ1) is 13.9. The maximum absolute atomic E-state index is 9.88. The SMILES string of the molecule is CCCCCC(CCC)c1c(O)cccc1O. The Balaban J connectivity index is 2.81. The number of aromatic hydroxyl groups is 2. The topological polar surface area (TPSA) is 40.5 Å². The van der Waals surface area contributed by atoms with Gasteiger partial charge in [-0.3, -0.25) is 0 Å². The number of benzene rings is 1. The molecule has 17 heavy (non-hydrogen) atoms. The predicted octanol–water partition coefficient (Wildman–Crippen LogP) is 4.56. The summed E-state index contributed by atoms with van der Waals surface area (Å²) < 4.78 is 0. The number of phenols is 2. The molecule has 0 radical (unpaired) electrons. The highest BCUT2D eigenvalue weighted by Crippen LogP contribution is 2.38. The summed E-state index contributed by atoms with van der Waals surface area (Å²) in [5.74, 6) is 0.757. The Kier molecular flexibility index (Phi) is 5.88. The molecule has 1 aromatic carbocycles. The highest BCUT2D eigenvalue weighted by Gasteiger charge is 2.18. The highest BCUT2D eigenvalue weighted by atomic mass is 16.3. The largest absolute Gasteiger partial charge is 0.508 e. The van der Waals surface area contributed by atoms with E-state index in [2.05, 4.69) is 13.8 Å². The second kappa shape index (κ2) is 7.21. The van der Waals surface area contributed by atoms with Gasteiger partial charge in [-0.05, 0) is 30.9 Å². The van der Waals surface area contributed by atoms with Gasteiger partial charge in [-0.1, -0.05) is 45.6 Å². The lowest BCUT2D eigenvalue weighted by molar-refractivity contribution is 0.413. The molecule has 1 atom stereocenters. The van der Waals surface area contributed by atoms with Crippen molar-refractivity contribution in [2.24, 2.45) is 0 Å². The van der Waals surface area contributed by atoms with Gasteiger partial charge in [0.25, 0.3) is 0 Å². The Morgan fingerprint density at radius 2 is 1.59 bits per heavy atom. The highest BCUT2D eigenvalue weighted by molar-refractivity contribution is 5.45. The van der Waals surface area contributed by atoms with Crippen LogP contribution in [0.15, 0.2) is 18.2 Å². The third-order valence-electron chi connectivity index (χ3n) is 3.26. The van der Waals surface area contributed by atoms with E-state index in [-0.39, 0.29) is 17.4 Å². The van der Waals surface area contributed by atoms with Crippen LogP contribution in [-0.2, 0) is 0 Å². The molecule has 0 saturated heterocycles. The fourth-order valence-electron chi connectivity index (χ4n) is 2.38. The van der Waals surface area contributed by atoms with Crippen molar-refractivity contribution in [3.8, 4) is 11.5 Å². The Bertz CT molecular complexity index is 313. The Morgan fingerprint density at radius 1 is 0.941 bits per heavy atom. The third kappa shape index (κ3) is 3.95. The summed E-state index contributed by atoms with van der Waals surface area (Å²) in [6.45, 7) is 4.33. The van der Waals surface area contributed by atoms with E-state index in [1.54, 1.807) is 18.2 Å². The van der Waals surface area contributed by atoms with Crippen LogP contribution in [0.5, 0.6) is 11.5 Å². The lowest BCUT2D eigenvalue weighted by atomic mass is 9.88. The second-order valence-electron chi connectivity index (χ2n) is 4.69. The van der Waals surface area contributed by atoms with Crippen molar-refractivity contribution in [2.45, 2.75) is 58.3 Å². The average molecular weight is 236 g/mol. The number of phenolic OH excluding ortho intramolecular Hbond substituents is 2. The molecule has 1 unspecified atom stereocenters. The lowest BCUT2D eigenvalue weighted by Crippen LogP contribution is -2.00. The molecule has 0 spiro atoms. The van der Waals surface area contributed by atoms with Gasteiger partial charge in [0.15, 0.2) is 0 Å². The molecule has 0 aliphatic heterocycles. The van der Waals surface area contributed by atoms with Crippen molar-refractivity contribution < 1.29 is 10.2 Å². The molecule has 0 aliphatic carbocycles. The molecular weight excluding hydrogens is 212 g/mol. The number of hydrogen-bond donors (Lipinski definition) is 2. The number of hydrogen-bond acceptors (Lipinski definition) is 2. The normalized spacial score (nSPS) is 12.6. The molecular formula is C15H24O2. The Morgan fingerprint density at radius 3 is 2.12 bits per heavy atom. The second-order valence-corrected chi connectivity index (χ2v) is 4.69. The van der Waals surface area contributed by atoms with E-state index in [0.29, 0.717) is 0 Å². The van der Waals surface area contributed by atoms with Crippen LogP contribution < -0.4 is 0 Å². The van der Waals surface area contributed by atoms with Crippen LogP contribution in [0.25, 0.3) is 0 Å². The predicted molar refractivity (Wildman–Crippen MR) is 71.6 cm³/mol. The number of unbranched alkanes of at least 4 members (excludes halogenated alkanes) is 2. The molecule has 0 bridgehead atoms. The third-order valence-corrected chi connectivity index (χ3v) is 3.26. The summed E-state index contributed by atoms with van der Waals surface area (Å²) in [6.07, 6.45) is 6.72. The molecule has 0 amide bonds. The van der Waals surface area contributed by atoms with Crippen molar-refractivity contribution in [3.05, 3.63) is 23.8 Å². The van der Waals surface area contributed by atoms with Gasteiger partial charge < -0.3 is 10.2 Å². The quantitative estimate of drug-likeness (QED) is 0.681. The molecule has 0 aromatic heterocycles. The molecule has 2 N–H and O–H groups in total. The fraction of sp³-hybridized carbons (Fsp3) is 0.600. The standard InChI is InChI=1S/C15H24O2/c1-3-5-6-9-12(8-4-2)15-13(16)10-7-11-14(15)17/h7,10-12,16-17H,3-6,8-9H2,1-2H3. The summed E-state index contributed by atoms with van der Waals surface area (Å²) in [5, 5.41) is 19.8. The first-order valence-electron chi connectivity index (χ1n) is 6.71. The van der Waals surface area contributed by atoms with Gasteiger partial charge in [-0.15, -0.1) is 0 Å². The van der Waals surface area contributed by atoms with E-state index < -0.39 is 0 Å². The summed E-state index contributed by atoms with van der Waals surface area (Å²) in [7, 11) is 0. The Labute approximate surface area is 104 Å². The minimum absolute atomic E-state index is 0.236. The van der Waals surface area contributed by atoms with Crippen molar-refractivity contribution in [3.63, 3.8) is 0 Å². The molecule has 0 fully saturated rings. The van der Waals surface area contributed by atoms with Gasteiger partial charge in [0.2, 0.25) is 0 Å². The summed E-state index contributed by atoms with van der Waals surface area (Å²) in [4.78, 5) is 0. The van der Waals surface area contributed by atoms with Gasteiger partial charge >= 0.3 is 0 Å². The molecule has 96 valence electrons. The molecule has 2 heteroatoms. The zero-order valence-electron chi connectivity index (χ0n) is 10.9. The fourth-order valence-corrected chi connectivity index (χ4v) is 2.38. The van der Waals surface area contributed by atoms with Gasteiger partial charge in [-0.25, -0.2) is 0 Å². The summed E-state index contributed by atoms with van der Waals surface area (Å²) in [6, 6.07) is 5.01. The average Bonchev–Trinajstić information content (AvgIpc) is 2.29. The maximum atomic E-state index is 9.88. The van der Waals surface area contributed by atoms with Crippen molar-refractivity contribution >= 4 is 0 Å². The first-order chi connectivity index (χ1) is 8.20. The van der Waals surface area contributed by atoms with E-state index in [1.807, 2.05) is 0 Å². The molecule has 0 saturated carbocycles. The van der Waals surface area contributed by atoms with Crippen LogP contribution in [-0.4, -0.2) is 10.2 Å². The zero-order chi connectivity index (χ0) is 12.7. The molecule has 1 rings (SSSR count). The van der Waals surface area contributed by atoms with Crippen LogP contribution in [0.4, 0.5) is 0 Å². The van der Waals surface area contributed by atoms with Crippen molar-refractivity contribution in [2.75, 3.05) is 0 Å². The maximum Gasteiger partial charge on any atom is 0.122 e. The lowest BCUT2D eigenvalue weighted by Gasteiger charge is -2.19. The smallest absolute Gasteiger partial charge is 0.122 e. The minimum atomic E-state index is 0.236. The summed E-state index contributed by atoms with van der Waals surface area (Å²) >= 11 is 0. The van der Waals surface area contributed by atoms with Gasteiger partial charge in [0.05, 0.1) is 0 Å². The van der Waals surface area contributed by atoms with E-state index in [1.165, 1.54) is 12.8 Å². The van der Waals surface area contributed by atoms with Crippen LogP contribution in [0.2, 0.25) is 0 Å². The monoisotopic (exact) mass is 236 g/mol. The van der Waals surface area contributed by atoms with E-state index in [0.717, 1.165) is 31.2 Å².